The Morgan fingerprint density at radius 3 is 2.24 bits per heavy atom. The minimum atomic E-state index is -4.52. The van der Waals surface area contributed by atoms with Crippen LogP contribution in [-0.4, -0.2) is 5.91 Å². The Balaban J connectivity index is 2.37. The van der Waals surface area contributed by atoms with Gasteiger partial charge in [-0.05, 0) is 47.7 Å². The molecule has 1 amide bonds. The molecule has 6 heteroatoms. The molecule has 0 aliphatic rings. The van der Waals surface area contributed by atoms with Crippen LogP contribution in [0.15, 0.2) is 36.4 Å². The van der Waals surface area contributed by atoms with Gasteiger partial charge in [-0.15, -0.1) is 0 Å². The van der Waals surface area contributed by atoms with Crippen molar-refractivity contribution in [2.45, 2.75) is 39.3 Å². The summed E-state index contributed by atoms with van der Waals surface area (Å²) >= 11 is 0. The summed E-state index contributed by atoms with van der Waals surface area (Å²) in [5.74, 6) is -1.45. The monoisotopic (exact) mass is 353 g/mol. The molecule has 0 heterocycles. The van der Waals surface area contributed by atoms with Crippen molar-refractivity contribution >= 4 is 11.6 Å². The van der Waals surface area contributed by atoms with Gasteiger partial charge in [-0.25, -0.2) is 4.39 Å². The van der Waals surface area contributed by atoms with Crippen LogP contribution >= 0.6 is 0 Å². The summed E-state index contributed by atoms with van der Waals surface area (Å²) in [4.78, 5) is 12.4. The summed E-state index contributed by atoms with van der Waals surface area (Å²) in [7, 11) is 0. The molecule has 25 heavy (non-hydrogen) atoms. The summed E-state index contributed by atoms with van der Waals surface area (Å²) in [5.41, 5.74) is -0.527. The first kappa shape index (κ1) is 19.0. The number of nitrogens with one attached hydrogen (secondary N) is 1. The van der Waals surface area contributed by atoms with Gasteiger partial charge in [0.2, 0.25) is 0 Å². The average Bonchev–Trinajstić information content (AvgIpc) is 2.45. The number of aryl methyl sites for hydroxylation is 1. The lowest BCUT2D eigenvalue weighted by Crippen LogP contribution is -2.21. The number of amides is 1. The first-order valence-corrected chi connectivity index (χ1v) is 7.69. The molecule has 2 nitrogen and oxygen atoms in total. The molecule has 0 fully saturated rings. The third-order valence-electron chi connectivity index (χ3n) is 3.79. The maximum absolute atomic E-state index is 14.8. The Morgan fingerprint density at radius 1 is 1.04 bits per heavy atom. The zero-order chi connectivity index (χ0) is 19.0. The highest BCUT2D eigenvalue weighted by Gasteiger charge is 2.31. The Bertz CT molecular complexity index is 804. The molecule has 0 unspecified atom stereocenters. The molecule has 134 valence electrons. The highest BCUT2D eigenvalue weighted by atomic mass is 19.4. The zero-order valence-corrected chi connectivity index (χ0v) is 14.4. The van der Waals surface area contributed by atoms with Gasteiger partial charge in [-0.2, -0.15) is 13.2 Å². The van der Waals surface area contributed by atoms with Crippen molar-refractivity contribution in [3.05, 3.63) is 64.5 Å². The van der Waals surface area contributed by atoms with Gasteiger partial charge in [0, 0.05) is 5.69 Å². The van der Waals surface area contributed by atoms with Crippen molar-refractivity contribution in [3.63, 3.8) is 0 Å². The van der Waals surface area contributed by atoms with Crippen molar-refractivity contribution in [1.82, 2.24) is 0 Å². The van der Waals surface area contributed by atoms with Gasteiger partial charge in [0.05, 0.1) is 11.1 Å². The number of rotatable bonds is 2. The van der Waals surface area contributed by atoms with Gasteiger partial charge in [0.15, 0.2) is 0 Å². The fraction of sp³-hybridized carbons (Fsp3) is 0.316. The quantitative estimate of drug-likeness (QED) is 0.689. The van der Waals surface area contributed by atoms with Crippen molar-refractivity contribution in [2.75, 3.05) is 5.32 Å². The molecule has 0 bridgehead atoms. The lowest BCUT2D eigenvalue weighted by molar-refractivity contribution is -0.137. The summed E-state index contributed by atoms with van der Waals surface area (Å²) < 4.78 is 53.1. The van der Waals surface area contributed by atoms with Crippen molar-refractivity contribution in [3.8, 4) is 0 Å². The second-order valence-corrected chi connectivity index (χ2v) is 6.90. The largest absolute Gasteiger partial charge is 0.416 e. The molecule has 0 aliphatic heterocycles. The third-order valence-corrected chi connectivity index (χ3v) is 3.79. The summed E-state index contributed by atoms with van der Waals surface area (Å²) in [6.07, 6.45) is -4.52. The van der Waals surface area contributed by atoms with Crippen LogP contribution in [0.4, 0.5) is 23.2 Å². The standard InChI is InChI=1S/C19H19F4NO/c1-11-8-9-14(16(20)15(11)18(2,3)4)17(25)24-13-7-5-6-12(10-13)19(21,22)23/h5-10H,1-4H3,(H,24,25). The number of benzene rings is 2. The SMILES string of the molecule is Cc1ccc(C(=O)Nc2cccc(C(F)(F)F)c2)c(F)c1C(C)(C)C. The van der Waals surface area contributed by atoms with E-state index in [-0.39, 0.29) is 11.3 Å². The second kappa shape index (κ2) is 6.50. The predicted octanol–water partition coefficient (Wildman–Crippen LogP) is 5.70. The fourth-order valence-corrected chi connectivity index (χ4v) is 2.74. The van der Waals surface area contributed by atoms with E-state index in [1.165, 1.54) is 18.2 Å². The van der Waals surface area contributed by atoms with E-state index in [0.717, 1.165) is 12.1 Å². The molecule has 0 aromatic heterocycles. The first-order valence-electron chi connectivity index (χ1n) is 7.69. The van der Waals surface area contributed by atoms with E-state index >= 15 is 0 Å². The lowest BCUT2D eigenvalue weighted by atomic mass is 9.82. The highest BCUT2D eigenvalue weighted by molar-refractivity contribution is 6.04. The van der Waals surface area contributed by atoms with Crippen LogP contribution in [0, 0.1) is 12.7 Å². The predicted molar refractivity (Wildman–Crippen MR) is 89.2 cm³/mol. The molecule has 0 spiro atoms. The van der Waals surface area contributed by atoms with Crippen LogP contribution < -0.4 is 5.32 Å². The number of anilines is 1. The van der Waals surface area contributed by atoms with E-state index in [9.17, 15) is 22.4 Å². The van der Waals surface area contributed by atoms with E-state index in [4.69, 9.17) is 0 Å². The molecule has 0 aliphatic carbocycles. The average molecular weight is 353 g/mol. The summed E-state index contributed by atoms with van der Waals surface area (Å²) in [5, 5.41) is 2.33. The van der Waals surface area contributed by atoms with Crippen LogP contribution in [-0.2, 0) is 11.6 Å². The van der Waals surface area contributed by atoms with Gasteiger partial charge in [-0.1, -0.05) is 32.9 Å². The fourth-order valence-electron chi connectivity index (χ4n) is 2.74. The number of carbonyl (C=O) groups is 1. The van der Waals surface area contributed by atoms with Crippen molar-refractivity contribution < 1.29 is 22.4 Å². The maximum Gasteiger partial charge on any atom is 0.416 e. The van der Waals surface area contributed by atoms with E-state index in [0.29, 0.717) is 11.1 Å². The smallest absolute Gasteiger partial charge is 0.322 e. The van der Waals surface area contributed by atoms with Gasteiger partial charge in [-0.3, -0.25) is 4.79 Å². The van der Waals surface area contributed by atoms with Crippen LogP contribution in [0.3, 0.4) is 0 Å². The second-order valence-electron chi connectivity index (χ2n) is 6.90. The summed E-state index contributed by atoms with van der Waals surface area (Å²) in [6.45, 7) is 7.23. The molecule has 0 saturated heterocycles. The first-order chi connectivity index (χ1) is 11.4. The van der Waals surface area contributed by atoms with Gasteiger partial charge < -0.3 is 5.32 Å². The maximum atomic E-state index is 14.8. The van der Waals surface area contributed by atoms with E-state index < -0.39 is 28.9 Å². The Kier molecular flexibility index (Phi) is 4.93. The Labute approximate surface area is 143 Å². The third kappa shape index (κ3) is 4.18. The van der Waals surface area contributed by atoms with Gasteiger partial charge in [0.1, 0.15) is 5.82 Å². The molecule has 0 atom stereocenters. The zero-order valence-electron chi connectivity index (χ0n) is 14.4. The topological polar surface area (TPSA) is 29.1 Å². The molecule has 0 saturated carbocycles. The molecular weight excluding hydrogens is 334 g/mol. The number of hydrogen-bond acceptors (Lipinski definition) is 1. The summed E-state index contributed by atoms with van der Waals surface area (Å²) in [6, 6.07) is 7.19. The van der Waals surface area contributed by atoms with E-state index in [1.54, 1.807) is 13.0 Å². The molecule has 2 aromatic carbocycles. The number of carbonyl (C=O) groups excluding carboxylic acids is 1. The minimum absolute atomic E-state index is 0.0443. The van der Waals surface area contributed by atoms with E-state index in [1.807, 2.05) is 20.8 Å². The molecular formula is C19H19F4NO. The molecule has 2 rings (SSSR count). The Morgan fingerprint density at radius 2 is 1.68 bits per heavy atom. The van der Waals surface area contributed by atoms with Crippen LogP contribution in [0.5, 0.6) is 0 Å². The molecule has 2 aromatic rings. The minimum Gasteiger partial charge on any atom is -0.322 e. The normalized spacial score (nSPS) is 12.2. The molecule has 1 N–H and O–H groups in total. The van der Waals surface area contributed by atoms with Crippen LogP contribution in [0.1, 0.15) is 47.8 Å². The number of hydrogen-bond donors (Lipinski definition) is 1. The van der Waals surface area contributed by atoms with E-state index in [2.05, 4.69) is 5.32 Å². The van der Waals surface area contributed by atoms with Crippen molar-refractivity contribution in [2.24, 2.45) is 0 Å². The number of alkyl halides is 3. The van der Waals surface area contributed by atoms with Crippen LogP contribution in [0.25, 0.3) is 0 Å². The highest BCUT2D eigenvalue weighted by Crippen LogP contribution is 2.32. The molecule has 0 radical (unpaired) electrons. The lowest BCUT2D eigenvalue weighted by Gasteiger charge is -2.23. The van der Waals surface area contributed by atoms with Crippen LogP contribution in [0.2, 0.25) is 0 Å². The van der Waals surface area contributed by atoms with Gasteiger partial charge in [0.25, 0.3) is 5.91 Å². The van der Waals surface area contributed by atoms with Gasteiger partial charge >= 0.3 is 6.18 Å². The Hall–Kier alpha value is -2.37. The number of halogens is 4. The van der Waals surface area contributed by atoms with Crippen molar-refractivity contribution in [1.29, 1.82) is 0 Å².